The minimum atomic E-state index is -0.625. The first-order valence-corrected chi connectivity index (χ1v) is 10.3. The summed E-state index contributed by atoms with van der Waals surface area (Å²) in [6.45, 7) is 4.64. The topological polar surface area (TPSA) is 139 Å². The number of imide groups is 1. The molecule has 0 unspecified atom stereocenters. The molecule has 1 aromatic carbocycles. The Morgan fingerprint density at radius 2 is 1.91 bits per heavy atom. The maximum atomic E-state index is 12.5. The summed E-state index contributed by atoms with van der Waals surface area (Å²) in [4.78, 5) is 61.8. The lowest BCUT2D eigenvalue weighted by Crippen LogP contribution is -2.46. The van der Waals surface area contributed by atoms with Gasteiger partial charge in [-0.1, -0.05) is 12.7 Å². The van der Waals surface area contributed by atoms with Crippen LogP contribution in [-0.4, -0.2) is 70.8 Å². The molecule has 11 nitrogen and oxygen atoms in total. The molecule has 0 atom stereocenters. The molecule has 2 aliphatic heterocycles. The average molecular weight is 444 g/mol. The van der Waals surface area contributed by atoms with Gasteiger partial charge in [0.2, 0.25) is 5.91 Å². The molecular formula is C21H24N4O7. The van der Waals surface area contributed by atoms with E-state index in [4.69, 9.17) is 4.74 Å². The molecule has 4 amide bonds. The Bertz CT molecular complexity index is 953. The molecule has 0 aromatic heterocycles. The van der Waals surface area contributed by atoms with Crippen LogP contribution in [0.2, 0.25) is 0 Å². The molecule has 1 saturated heterocycles. The first kappa shape index (κ1) is 22.9. The Hall–Kier alpha value is -3.76. The van der Waals surface area contributed by atoms with E-state index < -0.39 is 22.8 Å². The average Bonchev–Trinajstić information content (AvgIpc) is 3.02. The van der Waals surface area contributed by atoms with Crippen LogP contribution in [0, 0.1) is 10.1 Å². The number of hydrogen-bond donors (Lipinski definition) is 1. The number of carbonyl (C=O) groups is 4. The summed E-state index contributed by atoms with van der Waals surface area (Å²) in [6, 6.07) is 3.50. The SMILES string of the molecule is C=CCOC(=O)N1CCC(NC(=O)CCCN2C(=O)c3ccc([N+](=O)[O-])cc3C2=O)CC1. The van der Waals surface area contributed by atoms with E-state index in [0.29, 0.717) is 25.9 Å². The second-order valence-electron chi connectivity index (χ2n) is 7.55. The maximum absolute atomic E-state index is 12.5. The van der Waals surface area contributed by atoms with E-state index in [2.05, 4.69) is 11.9 Å². The van der Waals surface area contributed by atoms with Gasteiger partial charge in [0.05, 0.1) is 16.1 Å². The molecule has 0 bridgehead atoms. The van der Waals surface area contributed by atoms with Crippen LogP contribution in [0.4, 0.5) is 10.5 Å². The van der Waals surface area contributed by atoms with Gasteiger partial charge in [-0.05, 0) is 25.3 Å². The zero-order chi connectivity index (χ0) is 23.3. The number of hydrogen-bond acceptors (Lipinski definition) is 7. The van der Waals surface area contributed by atoms with Crippen LogP contribution in [0.3, 0.4) is 0 Å². The Balaban J connectivity index is 1.42. The summed E-state index contributed by atoms with van der Waals surface area (Å²) in [5.41, 5.74) is -0.124. The lowest BCUT2D eigenvalue weighted by molar-refractivity contribution is -0.384. The number of piperidine rings is 1. The van der Waals surface area contributed by atoms with Crippen molar-refractivity contribution in [2.45, 2.75) is 31.7 Å². The third-order valence-electron chi connectivity index (χ3n) is 5.39. The molecule has 1 N–H and O–H groups in total. The van der Waals surface area contributed by atoms with Crippen molar-refractivity contribution in [2.75, 3.05) is 26.2 Å². The minimum absolute atomic E-state index is 0.00651. The molecule has 11 heteroatoms. The van der Waals surface area contributed by atoms with E-state index >= 15 is 0 Å². The van der Waals surface area contributed by atoms with Gasteiger partial charge < -0.3 is 15.0 Å². The van der Waals surface area contributed by atoms with E-state index in [-0.39, 0.29) is 54.8 Å². The monoisotopic (exact) mass is 444 g/mol. The predicted octanol–water partition coefficient (Wildman–Crippen LogP) is 1.87. The zero-order valence-corrected chi connectivity index (χ0v) is 17.5. The number of nitrogens with one attached hydrogen (secondary N) is 1. The fourth-order valence-corrected chi connectivity index (χ4v) is 3.72. The highest BCUT2D eigenvalue weighted by molar-refractivity contribution is 6.21. The summed E-state index contributed by atoms with van der Waals surface area (Å²) in [5, 5.41) is 13.8. The molecule has 32 heavy (non-hydrogen) atoms. The zero-order valence-electron chi connectivity index (χ0n) is 17.5. The molecule has 170 valence electrons. The van der Waals surface area contributed by atoms with Gasteiger partial charge in [0.15, 0.2) is 0 Å². The number of nitrogens with zero attached hydrogens (tertiary/aromatic N) is 3. The maximum Gasteiger partial charge on any atom is 0.410 e. The molecular weight excluding hydrogens is 420 g/mol. The number of ether oxygens (including phenoxy) is 1. The van der Waals surface area contributed by atoms with Crippen molar-refractivity contribution in [1.82, 2.24) is 15.1 Å². The summed E-state index contributed by atoms with van der Waals surface area (Å²) in [6.07, 6.45) is 2.69. The number of nitro benzene ring substituents is 1. The van der Waals surface area contributed by atoms with Gasteiger partial charge in [-0.2, -0.15) is 0 Å². The van der Waals surface area contributed by atoms with Gasteiger partial charge in [0.1, 0.15) is 6.61 Å². The third-order valence-corrected chi connectivity index (χ3v) is 5.39. The molecule has 0 saturated carbocycles. The van der Waals surface area contributed by atoms with Crippen molar-refractivity contribution >= 4 is 29.5 Å². The number of benzene rings is 1. The number of nitro groups is 1. The highest BCUT2D eigenvalue weighted by Gasteiger charge is 2.36. The second kappa shape index (κ2) is 10.0. The Morgan fingerprint density at radius 3 is 2.56 bits per heavy atom. The van der Waals surface area contributed by atoms with Crippen molar-refractivity contribution in [3.63, 3.8) is 0 Å². The quantitative estimate of drug-likeness (QED) is 0.279. The molecule has 1 fully saturated rings. The van der Waals surface area contributed by atoms with Gasteiger partial charge >= 0.3 is 6.09 Å². The van der Waals surface area contributed by atoms with Crippen molar-refractivity contribution in [3.05, 3.63) is 52.1 Å². The van der Waals surface area contributed by atoms with Gasteiger partial charge in [-0.15, -0.1) is 0 Å². The minimum Gasteiger partial charge on any atom is -0.445 e. The smallest absolute Gasteiger partial charge is 0.410 e. The number of likely N-dealkylation sites (tertiary alicyclic amines) is 1. The van der Waals surface area contributed by atoms with Crippen LogP contribution in [0.15, 0.2) is 30.9 Å². The highest BCUT2D eigenvalue weighted by Crippen LogP contribution is 2.27. The van der Waals surface area contributed by atoms with Crippen LogP contribution < -0.4 is 5.32 Å². The Morgan fingerprint density at radius 1 is 1.22 bits per heavy atom. The van der Waals surface area contributed by atoms with Crippen molar-refractivity contribution in [1.29, 1.82) is 0 Å². The molecule has 3 rings (SSSR count). The second-order valence-corrected chi connectivity index (χ2v) is 7.55. The fourth-order valence-electron chi connectivity index (χ4n) is 3.72. The first-order valence-electron chi connectivity index (χ1n) is 10.3. The van der Waals surface area contributed by atoms with Gasteiger partial charge in [0, 0.05) is 44.2 Å². The molecule has 0 spiro atoms. The van der Waals surface area contributed by atoms with Crippen LogP contribution in [0.1, 0.15) is 46.4 Å². The highest BCUT2D eigenvalue weighted by atomic mass is 16.6. The Kier molecular flexibility index (Phi) is 7.18. The van der Waals surface area contributed by atoms with Crippen LogP contribution >= 0.6 is 0 Å². The van der Waals surface area contributed by atoms with Gasteiger partial charge in [-0.25, -0.2) is 4.79 Å². The largest absolute Gasteiger partial charge is 0.445 e. The van der Waals surface area contributed by atoms with Crippen LogP contribution in [0.5, 0.6) is 0 Å². The van der Waals surface area contributed by atoms with Crippen molar-refractivity contribution in [2.24, 2.45) is 0 Å². The molecule has 2 heterocycles. The standard InChI is InChI=1S/C21H24N4O7/c1-2-12-32-21(29)23-10-7-14(8-11-23)22-18(26)4-3-9-24-19(27)16-6-5-15(25(30)31)13-17(16)20(24)28/h2,5-6,13-14H,1,3-4,7-12H2,(H,22,26). The van der Waals surface area contributed by atoms with E-state index in [9.17, 15) is 29.3 Å². The van der Waals surface area contributed by atoms with Crippen LogP contribution in [-0.2, 0) is 9.53 Å². The molecule has 2 aliphatic rings. The third kappa shape index (κ3) is 5.10. The summed E-state index contributed by atoms with van der Waals surface area (Å²) in [7, 11) is 0. The summed E-state index contributed by atoms with van der Waals surface area (Å²) >= 11 is 0. The van der Waals surface area contributed by atoms with Gasteiger partial charge in [0.25, 0.3) is 17.5 Å². The molecule has 0 aliphatic carbocycles. The van der Waals surface area contributed by atoms with E-state index in [0.717, 1.165) is 11.0 Å². The normalized spacial score (nSPS) is 16.0. The van der Waals surface area contributed by atoms with E-state index in [1.54, 1.807) is 4.90 Å². The Labute approximate surface area is 184 Å². The number of amides is 4. The van der Waals surface area contributed by atoms with Crippen LogP contribution in [0.25, 0.3) is 0 Å². The molecule has 1 aromatic rings. The fraction of sp³-hybridized carbons (Fsp3) is 0.429. The number of carbonyl (C=O) groups excluding carboxylic acids is 4. The van der Waals surface area contributed by atoms with E-state index in [1.165, 1.54) is 18.2 Å². The summed E-state index contributed by atoms with van der Waals surface area (Å²) in [5.74, 6) is -1.31. The van der Waals surface area contributed by atoms with Gasteiger partial charge in [-0.3, -0.25) is 29.4 Å². The summed E-state index contributed by atoms with van der Waals surface area (Å²) < 4.78 is 5.00. The van der Waals surface area contributed by atoms with E-state index in [1.807, 2.05) is 0 Å². The predicted molar refractivity (Wildman–Crippen MR) is 112 cm³/mol. The molecule has 0 radical (unpaired) electrons. The lowest BCUT2D eigenvalue weighted by atomic mass is 10.1. The number of fused-ring (bicyclic) bond motifs is 1. The lowest BCUT2D eigenvalue weighted by Gasteiger charge is -2.31. The van der Waals surface area contributed by atoms with Crippen molar-refractivity contribution in [3.8, 4) is 0 Å². The first-order chi connectivity index (χ1) is 15.3. The number of rotatable bonds is 8. The number of non-ortho nitro benzene ring substituents is 1. The van der Waals surface area contributed by atoms with Crippen molar-refractivity contribution < 1.29 is 28.8 Å².